The van der Waals surface area contributed by atoms with Gasteiger partial charge >= 0.3 is 0 Å². The van der Waals surface area contributed by atoms with Crippen LogP contribution in [-0.2, 0) is 6.42 Å². The Morgan fingerprint density at radius 3 is 2.67 bits per heavy atom. The van der Waals surface area contributed by atoms with E-state index in [1.54, 1.807) is 12.1 Å². The van der Waals surface area contributed by atoms with Crippen LogP contribution < -0.4 is 10.1 Å². The van der Waals surface area contributed by atoms with Gasteiger partial charge in [0.2, 0.25) is 0 Å². The Balaban J connectivity index is 1.96. The highest BCUT2D eigenvalue weighted by Gasteiger charge is 2.19. The largest absolute Gasteiger partial charge is 0.494 e. The molecule has 1 aliphatic rings. The van der Waals surface area contributed by atoms with Crippen LogP contribution in [-0.4, -0.2) is 19.7 Å². The van der Waals surface area contributed by atoms with E-state index in [1.165, 1.54) is 45.6 Å². The Morgan fingerprint density at radius 2 is 2.05 bits per heavy atom. The molecule has 118 valence electrons. The van der Waals surface area contributed by atoms with E-state index in [4.69, 9.17) is 4.74 Å². The van der Waals surface area contributed by atoms with Crippen LogP contribution in [0.4, 0.5) is 4.39 Å². The standard InChI is InChI=1S/C18H28FNO/c1-3-20-16(11-14-7-5-4-6-8-14)12-15-9-10-18(21-2)17(19)13-15/h9-10,13-14,16,20H,3-8,11-12H2,1-2H3. The molecule has 1 atom stereocenters. The van der Waals surface area contributed by atoms with E-state index in [0.717, 1.165) is 24.4 Å². The average Bonchev–Trinajstić information content (AvgIpc) is 2.49. The molecule has 0 heterocycles. The summed E-state index contributed by atoms with van der Waals surface area (Å²) in [5.41, 5.74) is 1.05. The summed E-state index contributed by atoms with van der Waals surface area (Å²) in [4.78, 5) is 0. The molecule has 0 radical (unpaired) electrons. The van der Waals surface area contributed by atoms with E-state index in [9.17, 15) is 4.39 Å². The van der Waals surface area contributed by atoms with Crippen LogP contribution in [0.2, 0.25) is 0 Å². The topological polar surface area (TPSA) is 21.3 Å². The maximum atomic E-state index is 13.8. The highest BCUT2D eigenvalue weighted by atomic mass is 19.1. The summed E-state index contributed by atoms with van der Waals surface area (Å²) in [6.07, 6.45) is 8.97. The molecule has 0 saturated heterocycles. The van der Waals surface area contributed by atoms with E-state index in [-0.39, 0.29) is 5.82 Å². The molecule has 1 aliphatic carbocycles. The van der Waals surface area contributed by atoms with Gasteiger partial charge in [0.15, 0.2) is 11.6 Å². The average molecular weight is 293 g/mol. The quantitative estimate of drug-likeness (QED) is 0.808. The molecule has 1 fully saturated rings. The number of rotatable bonds is 7. The molecule has 0 aromatic heterocycles. The minimum Gasteiger partial charge on any atom is -0.494 e. The van der Waals surface area contributed by atoms with Crippen molar-refractivity contribution in [1.29, 1.82) is 0 Å². The summed E-state index contributed by atoms with van der Waals surface area (Å²) in [6, 6.07) is 5.77. The van der Waals surface area contributed by atoms with Crippen molar-refractivity contribution >= 4 is 0 Å². The van der Waals surface area contributed by atoms with E-state index in [0.29, 0.717) is 11.8 Å². The first kappa shape index (κ1) is 16.3. The first-order valence-corrected chi connectivity index (χ1v) is 8.28. The van der Waals surface area contributed by atoms with Crippen molar-refractivity contribution in [3.63, 3.8) is 0 Å². The third-order valence-corrected chi connectivity index (χ3v) is 4.53. The van der Waals surface area contributed by atoms with Gasteiger partial charge in [0, 0.05) is 6.04 Å². The normalized spacial score (nSPS) is 17.7. The van der Waals surface area contributed by atoms with Gasteiger partial charge in [-0.25, -0.2) is 4.39 Å². The van der Waals surface area contributed by atoms with Crippen molar-refractivity contribution in [2.24, 2.45) is 5.92 Å². The molecule has 0 aliphatic heterocycles. The molecule has 21 heavy (non-hydrogen) atoms. The summed E-state index contributed by atoms with van der Waals surface area (Å²) in [6.45, 7) is 3.11. The lowest BCUT2D eigenvalue weighted by Gasteiger charge is -2.27. The van der Waals surface area contributed by atoms with Crippen molar-refractivity contribution in [3.05, 3.63) is 29.6 Å². The molecule has 3 heteroatoms. The van der Waals surface area contributed by atoms with Crippen LogP contribution >= 0.6 is 0 Å². The number of hydrogen-bond acceptors (Lipinski definition) is 2. The molecular weight excluding hydrogens is 265 g/mol. The molecule has 1 aromatic carbocycles. The van der Waals surface area contributed by atoms with Gasteiger partial charge in [-0.05, 0) is 43.0 Å². The maximum Gasteiger partial charge on any atom is 0.165 e. The van der Waals surface area contributed by atoms with Gasteiger partial charge in [0.1, 0.15) is 0 Å². The van der Waals surface area contributed by atoms with Crippen LogP contribution in [0.1, 0.15) is 51.0 Å². The lowest BCUT2D eigenvalue weighted by atomic mass is 9.83. The van der Waals surface area contributed by atoms with Gasteiger partial charge in [-0.1, -0.05) is 45.1 Å². The van der Waals surface area contributed by atoms with E-state index >= 15 is 0 Å². The second kappa shape index (κ2) is 8.38. The molecule has 1 N–H and O–H groups in total. The zero-order valence-electron chi connectivity index (χ0n) is 13.3. The molecule has 1 unspecified atom stereocenters. The van der Waals surface area contributed by atoms with Gasteiger partial charge in [0.25, 0.3) is 0 Å². The van der Waals surface area contributed by atoms with Gasteiger partial charge in [-0.15, -0.1) is 0 Å². The predicted molar refractivity (Wildman–Crippen MR) is 85.3 cm³/mol. The number of methoxy groups -OCH3 is 1. The van der Waals surface area contributed by atoms with Crippen LogP contribution in [0.3, 0.4) is 0 Å². The summed E-state index contributed by atoms with van der Waals surface area (Å²) >= 11 is 0. The first-order chi connectivity index (χ1) is 10.2. The molecule has 0 spiro atoms. The smallest absolute Gasteiger partial charge is 0.165 e. The van der Waals surface area contributed by atoms with Crippen molar-refractivity contribution in [1.82, 2.24) is 5.32 Å². The van der Waals surface area contributed by atoms with E-state index < -0.39 is 0 Å². The fourth-order valence-electron chi connectivity index (χ4n) is 3.47. The summed E-state index contributed by atoms with van der Waals surface area (Å²) in [5, 5.41) is 3.57. The first-order valence-electron chi connectivity index (χ1n) is 8.28. The molecule has 1 saturated carbocycles. The van der Waals surface area contributed by atoms with Crippen LogP contribution in [0.25, 0.3) is 0 Å². The fraction of sp³-hybridized carbons (Fsp3) is 0.667. The molecule has 2 rings (SSSR count). The SMILES string of the molecule is CCNC(Cc1ccc(OC)c(F)c1)CC1CCCCC1. The Kier molecular flexibility index (Phi) is 6.50. The van der Waals surface area contributed by atoms with Gasteiger partial charge in [0.05, 0.1) is 7.11 Å². The number of benzene rings is 1. The monoisotopic (exact) mass is 293 g/mol. The highest BCUT2D eigenvalue weighted by Crippen LogP contribution is 2.28. The fourth-order valence-corrected chi connectivity index (χ4v) is 3.47. The number of hydrogen-bond donors (Lipinski definition) is 1. The van der Waals surface area contributed by atoms with Gasteiger partial charge < -0.3 is 10.1 Å². The third kappa shape index (κ3) is 4.99. The molecule has 2 nitrogen and oxygen atoms in total. The number of nitrogens with one attached hydrogen (secondary N) is 1. The number of halogens is 1. The minimum absolute atomic E-state index is 0.261. The van der Waals surface area contributed by atoms with Crippen molar-refractivity contribution in [3.8, 4) is 5.75 Å². The molecule has 1 aromatic rings. The predicted octanol–water partition coefficient (Wildman–Crippen LogP) is 4.33. The number of likely N-dealkylation sites (N-methyl/N-ethyl adjacent to an activating group) is 1. The molecule has 0 amide bonds. The Labute approximate surface area is 128 Å². The molecular formula is C18H28FNO. The second-order valence-electron chi connectivity index (χ2n) is 6.17. The Bertz CT molecular complexity index is 429. The van der Waals surface area contributed by atoms with Crippen molar-refractivity contribution < 1.29 is 9.13 Å². The molecule has 0 bridgehead atoms. The highest BCUT2D eigenvalue weighted by molar-refractivity contribution is 5.29. The Hall–Kier alpha value is -1.09. The zero-order valence-corrected chi connectivity index (χ0v) is 13.3. The van der Waals surface area contributed by atoms with E-state index in [2.05, 4.69) is 12.2 Å². The van der Waals surface area contributed by atoms with Crippen LogP contribution in [0.5, 0.6) is 5.75 Å². The summed E-state index contributed by atoms with van der Waals surface area (Å²) in [7, 11) is 1.50. The minimum atomic E-state index is -0.261. The van der Waals surface area contributed by atoms with E-state index in [1.807, 2.05) is 6.07 Å². The Morgan fingerprint density at radius 1 is 1.29 bits per heavy atom. The lowest BCUT2D eigenvalue weighted by molar-refractivity contribution is 0.298. The third-order valence-electron chi connectivity index (χ3n) is 4.53. The zero-order chi connectivity index (χ0) is 15.1. The van der Waals surface area contributed by atoms with Gasteiger partial charge in [-0.3, -0.25) is 0 Å². The summed E-state index contributed by atoms with van der Waals surface area (Å²) < 4.78 is 18.8. The van der Waals surface area contributed by atoms with Crippen LogP contribution in [0.15, 0.2) is 18.2 Å². The van der Waals surface area contributed by atoms with Gasteiger partial charge in [-0.2, -0.15) is 0 Å². The van der Waals surface area contributed by atoms with Crippen molar-refractivity contribution in [2.75, 3.05) is 13.7 Å². The van der Waals surface area contributed by atoms with Crippen LogP contribution in [0, 0.1) is 11.7 Å². The second-order valence-corrected chi connectivity index (χ2v) is 6.17. The maximum absolute atomic E-state index is 13.8. The lowest BCUT2D eigenvalue weighted by Crippen LogP contribution is -2.33. The van der Waals surface area contributed by atoms with Crippen molar-refractivity contribution in [2.45, 2.75) is 57.9 Å². The number of ether oxygens (including phenoxy) is 1. The summed E-state index contributed by atoms with van der Waals surface area (Å²) in [5.74, 6) is 0.903.